The lowest BCUT2D eigenvalue weighted by Crippen LogP contribution is -2.30. The summed E-state index contributed by atoms with van der Waals surface area (Å²) < 4.78 is 4.99. The zero-order chi connectivity index (χ0) is 21.3. The highest BCUT2D eigenvalue weighted by Crippen LogP contribution is 2.43. The highest BCUT2D eigenvalue weighted by molar-refractivity contribution is 7.12. The molecule has 0 fully saturated rings. The summed E-state index contributed by atoms with van der Waals surface area (Å²) in [5, 5.41) is 14.3. The van der Waals surface area contributed by atoms with Gasteiger partial charge in [-0.3, -0.25) is 14.5 Å². The Morgan fingerprint density at radius 2 is 1.77 bits per heavy atom. The summed E-state index contributed by atoms with van der Waals surface area (Å²) in [6, 6.07) is 12.6. The van der Waals surface area contributed by atoms with Gasteiger partial charge in [-0.1, -0.05) is 12.1 Å². The van der Waals surface area contributed by atoms with Gasteiger partial charge in [0.05, 0.1) is 22.6 Å². The van der Waals surface area contributed by atoms with Gasteiger partial charge in [0.15, 0.2) is 5.76 Å². The number of aliphatic hydroxyl groups is 1. The van der Waals surface area contributed by atoms with Gasteiger partial charge in [-0.15, -0.1) is 22.7 Å². The maximum absolute atomic E-state index is 13.1. The van der Waals surface area contributed by atoms with E-state index in [4.69, 9.17) is 4.74 Å². The number of ether oxygens (including phenoxy) is 1. The van der Waals surface area contributed by atoms with Crippen molar-refractivity contribution in [1.82, 2.24) is 0 Å². The van der Waals surface area contributed by atoms with Gasteiger partial charge in [0.25, 0.3) is 5.91 Å². The number of anilines is 1. The van der Waals surface area contributed by atoms with E-state index in [1.807, 2.05) is 17.5 Å². The standard InChI is InChI=1S/C22H17NO5S2/c1-2-28-22(27)13-7-9-14(10-8-13)23-18(15-5-3-11-29-15)17(20(25)21(23)26)19(24)16-6-4-12-30-16/h3-12,18,25H,2H2,1H3/t18-/m0/s1. The molecular formula is C22H17NO5S2. The summed E-state index contributed by atoms with van der Waals surface area (Å²) >= 11 is 2.65. The van der Waals surface area contributed by atoms with Crippen LogP contribution < -0.4 is 4.90 Å². The van der Waals surface area contributed by atoms with Crippen molar-refractivity contribution in [2.45, 2.75) is 13.0 Å². The molecule has 1 amide bonds. The van der Waals surface area contributed by atoms with Crippen LogP contribution in [0.1, 0.15) is 37.9 Å². The molecule has 0 unspecified atom stereocenters. The molecule has 0 radical (unpaired) electrons. The number of hydrogen-bond acceptors (Lipinski definition) is 7. The zero-order valence-corrected chi connectivity index (χ0v) is 17.5. The molecule has 0 spiro atoms. The molecule has 1 atom stereocenters. The third-order valence-electron chi connectivity index (χ3n) is 4.67. The van der Waals surface area contributed by atoms with Gasteiger partial charge in [0.2, 0.25) is 5.78 Å². The molecule has 1 aliphatic heterocycles. The van der Waals surface area contributed by atoms with Crippen molar-refractivity contribution < 1.29 is 24.2 Å². The number of carbonyl (C=O) groups excluding carboxylic acids is 3. The molecule has 4 rings (SSSR count). The smallest absolute Gasteiger partial charge is 0.338 e. The minimum atomic E-state index is -0.749. The van der Waals surface area contributed by atoms with Gasteiger partial charge in [-0.2, -0.15) is 0 Å². The first-order valence-electron chi connectivity index (χ1n) is 9.18. The van der Waals surface area contributed by atoms with E-state index in [1.54, 1.807) is 48.7 Å². The maximum atomic E-state index is 13.1. The van der Waals surface area contributed by atoms with E-state index in [0.717, 1.165) is 4.88 Å². The molecule has 1 aromatic carbocycles. The lowest BCUT2D eigenvalue weighted by atomic mass is 10.0. The number of rotatable bonds is 6. The predicted molar refractivity (Wildman–Crippen MR) is 115 cm³/mol. The first-order chi connectivity index (χ1) is 14.5. The van der Waals surface area contributed by atoms with Crippen LogP contribution in [0.5, 0.6) is 0 Å². The Hall–Kier alpha value is -3.23. The topological polar surface area (TPSA) is 83.9 Å². The number of nitrogens with zero attached hydrogens (tertiary/aromatic N) is 1. The summed E-state index contributed by atoms with van der Waals surface area (Å²) in [5.41, 5.74) is 0.873. The second kappa shape index (κ2) is 8.25. The van der Waals surface area contributed by atoms with E-state index in [9.17, 15) is 19.5 Å². The normalized spacial score (nSPS) is 16.2. The van der Waals surface area contributed by atoms with Crippen LogP contribution in [-0.2, 0) is 9.53 Å². The Morgan fingerprint density at radius 1 is 1.07 bits per heavy atom. The molecule has 8 heteroatoms. The van der Waals surface area contributed by atoms with E-state index in [-0.39, 0.29) is 18.0 Å². The van der Waals surface area contributed by atoms with Crippen molar-refractivity contribution in [3.63, 3.8) is 0 Å². The summed E-state index contributed by atoms with van der Waals surface area (Å²) in [7, 11) is 0. The number of amides is 1. The van der Waals surface area contributed by atoms with Crippen LogP contribution in [0.4, 0.5) is 5.69 Å². The summed E-state index contributed by atoms with van der Waals surface area (Å²) in [4.78, 5) is 40.6. The number of carbonyl (C=O) groups is 3. The first-order valence-corrected chi connectivity index (χ1v) is 10.9. The van der Waals surface area contributed by atoms with Crippen LogP contribution in [0.15, 0.2) is 70.6 Å². The number of benzene rings is 1. The quantitative estimate of drug-likeness (QED) is 0.442. The predicted octanol–water partition coefficient (Wildman–Crippen LogP) is 4.77. The lowest BCUT2D eigenvalue weighted by molar-refractivity contribution is -0.117. The summed E-state index contributed by atoms with van der Waals surface area (Å²) in [6.45, 7) is 1.99. The minimum Gasteiger partial charge on any atom is -0.503 e. The Balaban J connectivity index is 1.76. The van der Waals surface area contributed by atoms with Gasteiger partial charge in [0.1, 0.15) is 6.04 Å². The molecule has 6 nitrogen and oxygen atoms in total. The second-order valence-electron chi connectivity index (χ2n) is 6.43. The molecule has 0 saturated carbocycles. The molecule has 0 saturated heterocycles. The van der Waals surface area contributed by atoms with Crippen LogP contribution in [0.3, 0.4) is 0 Å². The van der Waals surface area contributed by atoms with Gasteiger partial charge in [-0.05, 0) is 54.1 Å². The van der Waals surface area contributed by atoms with E-state index in [0.29, 0.717) is 16.1 Å². The van der Waals surface area contributed by atoms with E-state index in [2.05, 4.69) is 0 Å². The highest BCUT2D eigenvalue weighted by atomic mass is 32.1. The highest BCUT2D eigenvalue weighted by Gasteiger charge is 2.45. The Kier molecular flexibility index (Phi) is 5.52. The second-order valence-corrected chi connectivity index (χ2v) is 8.36. The molecule has 3 heterocycles. The van der Waals surface area contributed by atoms with Gasteiger partial charge < -0.3 is 9.84 Å². The fraction of sp³-hybridized carbons (Fsp3) is 0.136. The van der Waals surface area contributed by atoms with E-state index < -0.39 is 23.7 Å². The average Bonchev–Trinajstić information content (AvgIpc) is 3.50. The molecule has 1 aliphatic rings. The largest absolute Gasteiger partial charge is 0.503 e. The minimum absolute atomic E-state index is 0.0550. The van der Waals surface area contributed by atoms with Crippen LogP contribution in [0.2, 0.25) is 0 Å². The van der Waals surface area contributed by atoms with Gasteiger partial charge in [0, 0.05) is 10.6 Å². The third-order valence-corrected chi connectivity index (χ3v) is 6.46. The third kappa shape index (κ3) is 3.44. The fourth-order valence-electron chi connectivity index (χ4n) is 3.33. The van der Waals surface area contributed by atoms with Crippen LogP contribution in [-0.4, -0.2) is 29.4 Å². The maximum Gasteiger partial charge on any atom is 0.338 e. The average molecular weight is 440 g/mol. The van der Waals surface area contributed by atoms with Crippen molar-refractivity contribution in [1.29, 1.82) is 0 Å². The van der Waals surface area contributed by atoms with Gasteiger partial charge in [-0.25, -0.2) is 4.79 Å². The number of aliphatic hydroxyl groups excluding tert-OH is 1. The van der Waals surface area contributed by atoms with E-state index in [1.165, 1.54) is 27.6 Å². The van der Waals surface area contributed by atoms with Crippen molar-refractivity contribution in [2.75, 3.05) is 11.5 Å². The number of hydrogen-bond donors (Lipinski definition) is 1. The molecule has 152 valence electrons. The number of thiophene rings is 2. The number of ketones is 1. The molecule has 3 aromatic rings. The molecule has 30 heavy (non-hydrogen) atoms. The van der Waals surface area contributed by atoms with Crippen LogP contribution in [0.25, 0.3) is 0 Å². The van der Waals surface area contributed by atoms with Crippen molar-refractivity contribution >= 4 is 46.0 Å². The Labute approximate surface area is 180 Å². The molecule has 2 aromatic heterocycles. The number of Topliss-reactive ketones (excluding diaryl/α,β-unsaturated/α-hetero) is 1. The van der Waals surface area contributed by atoms with Crippen molar-refractivity contribution in [3.05, 3.63) is 85.9 Å². The van der Waals surface area contributed by atoms with Crippen LogP contribution >= 0.6 is 22.7 Å². The molecule has 0 bridgehead atoms. The van der Waals surface area contributed by atoms with Crippen LogP contribution in [0, 0.1) is 0 Å². The molecule has 1 N–H and O–H groups in total. The van der Waals surface area contributed by atoms with Gasteiger partial charge >= 0.3 is 5.97 Å². The lowest BCUT2D eigenvalue weighted by Gasteiger charge is -2.25. The SMILES string of the molecule is CCOC(=O)c1ccc(N2C(=O)C(O)=C(C(=O)c3cccs3)[C@@H]2c2cccs2)cc1. The molecule has 0 aliphatic carbocycles. The zero-order valence-electron chi connectivity index (χ0n) is 15.9. The molecular weight excluding hydrogens is 422 g/mol. The summed E-state index contributed by atoms with van der Waals surface area (Å²) in [5.74, 6) is -2.04. The Morgan fingerprint density at radius 3 is 2.37 bits per heavy atom. The van der Waals surface area contributed by atoms with Crippen molar-refractivity contribution in [3.8, 4) is 0 Å². The Bertz CT molecular complexity index is 1120. The van der Waals surface area contributed by atoms with Crippen molar-refractivity contribution in [2.24, 2.45) is 0 Å². The summed E-state index contributed by atoms with van der Waals surface area (Å²) in [6.07, 6.45) is 0. The fourth-order valence-corrected chi connectivity index (χ4v) is 4.83. The van der Waals surface area contributed by atoms with E-state index >= 15 is 0 Å². The first kappa shape index (κ1) is 20.1. The monoisotopic (exact) mass is 439 g/mol. The number of esters is 1.